The van der Waals surface area contributed by atoms with Gasteiger partial charge in [-0.15, -0.1) is 0 Å². The number of hydrogen-bond acceptors (Lipinski definition) is 2. The molecule has 0 aliphatic heterocycles. The van der Waals surface area contributed by atoms with Gasteiger partial charge in [-0.2, -0.15) is 0 Å². The lowest BCUT2D eigenvalue weighted by molar-refractivity contribution is 0.484. The van der Waals surface area contributed by atoms with Crippen LogP contribution in [0.4, 0.5) is 10.1 Å². The van der Waals surface area contributed by atoms with E-state index in [1.54, 1.807) is 0 Å². The van der Waals surface area contributed by atoms with Crippen molar-refractivity contribution in [3.8, 4) is 0 Å². The molecule has 0 spiro atoms. The molecule has 0 atom stereocenters. The summed E-state index contributed by atoms with van der Waals surface area (Å²) in [6, 6.07) is 1.47. The maximum absolute atomic E-state index is 12.0. The minimum atomic E-state index is -0.628. The van der Waals surface area contributed by atoms with Gasteiger partial charge in [0.2, 0.25) is 0 Å². The maximum atomic E-state index is 12.0. The number of hydrogen-bond donors (Lipinski definition) is 1. The van der Waals surface area contributed by atoms with E-state index in [0.29, 0.717) is 11.3 Å². The molecule has 4 heteroatoms. The van der Waals surface area contributed by atoms with Gasteiger partial charge in [-0.3, -0.25) is 0 Å². The van der Waals surface area contributed by atoms with Gasteiger partial charge in [0.15, 0.2) is 0 Å². The molecule has 0 saturated carbocycles. The Morgan fingerprint density at radius 2 is 2.40 bits per heavy atom. The molecule has 0 aromatic carbocycles. The largest absolute Gasteiger partial charge is 0.397 e. The summed E-state index contributed by atoms with van der Waals surface area (Å²) in [5, 5.41) is 0.178. The van der Waals surface area contributed by atoms with E-state index in [4.69, 9.17) is 17.3 Å². The van der Waals surface area contributed by atoms with E-state index >= 15 is 0 Å². The molecule has 54 valence electrons. The molecule has 1 aromatic heterocycles. The van der Waals surface area contributed by atoms with Crippen LogP contribution in [-0.2, 0) is 6.67 Å². The Morgan fingerprint density at radius 3 is 2.90 bits per heavy atom. The predicted octanol–water partition coefficient (Wildman–Crippen LogP) is 1.79. The fraction of sp³-hybridized carbons (Fsp3) is 0.167. The molecule has 1 heterocycles. The van der Waals surface area contributed by atoms with Crippen molar-refractivity contribution in [3.05, 3.63) is 23.0 Å². The van der Waals surface area contributed by atoms with Crippen molar-refractivity contribution < 1.29 is 4.39 Å². The topological polar surface area (TPSA) is 38.9 Å². The number of nitrogen functional groups attached to an aromatic ring is 1. The van der Waals surface area contributed by atoms with Crippen molar-refractivity contribution >= 4 is 17.3 Å². The Labute approximate surface area is 62.8 Å². The van der Waals surface area contributed by atoms with Crippen LogP contribution >= 0.6 is 11.6 Å². The van der Waals surface area contributed by atoms with Crippen LogP contribution in [0.25, 0.3) is 0 Å². The highest BCUT2D eigenvalue weighted by Gasteiger charge is 1.99. The summed E-state index contributed by atoms with van der Waals surface area (Å²) >= 11 is 5.49. The molecule has 2 nitrogen and oxygen atoms in total. The lowest BCUT2D eigenvalue weighted by Crippen LogP contribution is -1.90. The van der Waals surface area contributed by atoms with Crippen LogP contribution < -0.4 is 5.73 Å². The molecule has 0 saturated heterocycles. The molecule has 1 rings (SSSR count). The van der Waals surface area contributed by atoms with Crippen molar-refractivity contribution in [2.24, 2.45) is 0 Å². The lowest BCUT2D eigenvalue weighted by atomic mass is 10.3. The fourth-order valence-corrected chi connectivity index (χ4v) is 0.760. The average molecular weight is 161 g/mol. The highest BCUT2D eigenvalue weighted by molar-refractivity contribution is 6.30. The minimum Gasteiger partial charge on any atom is -0.397 e. The number of alkyl halides is 1. The van der Waals surface area contributed by atoms with E-state index in [1.165, 1.54) is 12.3 Å². The molecule has 2 N–H and O–H groups in total. The zero-order valence-electron chi connectivity index (χ0n) is 5.14. The smallest absolute Gasteiger partial charge is 0.134 e. The molecule has 0 fully saturated rings. The van der Waals surface area contributed by atoms with Crippen LogP contribution in [0.1, 0.15) is 5.56 Å². The first-order valence-electron chi connectivity index (χ1n) is 2.70. The Kier molecular flexibility index (Phi) is 2.06. The summed E-state index contributed by atoms with van der Waals surface area (Å²) in [5.41, 5.74) is 6.08. The van der Waals surface area contributed by atoms with Crippen molar-refractivity contribution in [3.63, 3.8) is 0 Å². The van der Waals surface area contributed by atoms with Crippen LogP contribution in [0.5, 0.6) is 0 Å². The van der Waals surface area contributed by atoms with Crippen LogP contribution in [0, 0.1) is 0 Å². The average Bonchev–Trinajstić information content (AvgIpc) is 1.94. The summed E-state index contributed by atoms with van der Waals surface area (Å²) in [5.74, 6) is 0. The third-order valence-corrected chi connectivity index (χ3v) is 1.42. The van der Waals surface area contributed by atoms with E-state index in [2.05, 4.69) is 4.98 Å². The Bertz CT molecular complexity index is 239. The van der Waals surface area contributed by atoms with E-state index in [9.17, 15) is 4.39 Å². The van der Waals surface area contributed by atoms with Gasteiger partial charge in [0.25, 0.3) is 0 Å². The third kappa shape index (κ3) is 1.36. The van der Waals surface area contributed by atoms with Gasteiger partial charge in [-0.25, -0.2) is 9.37 Å². The Morgan fingerprint density at radius 1 is 1.70 bits per heavy atom. The van der Waals surface area contributed by atoms with Gasteiger partial charge in [-0.05, 0) is 6.07 Å². The zero-order valence-corrected chi connectivity index (χ0v) is 5.90. The van der Waals surface area contributed by atoms with E-state index in [0.717, 1.165) is 0 Å². The van der Waals surface area contributed by atoms with Gasteiger partial charge in [0.1, 0.15) is 11.8 Å². The molecular formula is C6H6ClFN2. The SMILES string of the molecule is Nc1cnc(Cl)c(CF)c1. The molecule has 0 aliphatic rings. The standard InChI is InChI=1S/C6H6ClFN2/c7-6-4(2-8)1-5(9)3-10-6/h1,3H,2,9H2. The number of anilines is 1. The Balaban J connectivity index is 3.09. The third-order valence-electron chi connectivity index (χ3n) is 1.08. The second-order valence-corrected chi connectivity index (χ2v) is 2.21. The Hall–Kier alpha value is -0.830. The summed E-state index contributed by atoms with van der Waals surface area (Å²) in [7, 11) is 0. The van der Waals surface area contributed by atoms with Gasteiger partial charge in [0, 0.05) is 5.56 Å². The lowest BCUT2D eigenvalue weighted by Gasteiger charge is -1.97. The summed E-state index contributed by atoms with van der Waals surface area (Å²) in [6.45, 7) is -0.628. The first-order valence-corrected chi connectivity index (χ1v) is 3.07. The normalized spacial score (nSPS) is 9.80. The highest BCUT2D eigenvalue weighted by atomic mass is 35.5. The molecule has 0 bridgehead atoms. The van der Waals surface area contributed by atoms with E-state index < -0.39 is 6.67 Å². The molecule has 1 aromatic rings. The van der Waals surface area contributed by atoms with E-state index in [1.807, 2.05) is 0 Å². The quantitative estimate of drug-likeness (QED) is 0.637. The number of aromatic nitrogens is 1. The first kappa shape index (κ1) is 7.28. The predicted molar refractivity (Wildman–Crippen MR) is 38.5 cm³/mol. The molecular weight excluding hydrogens is 155 g/mol. The maximum Gasteiger partial charge on any atom is 0.134 e. The summed E-state index contributed by atoms with van der Waals surface area (Å²) in [6.07, 6.45) is 1.39. The summed E-state index contributed by atoms with van der Waals surface area (Å²) in [4.78, 5) is 3.65. The van der Waals surface area contributed by atoms with Gasteiger partial charge >= 0.3 is 0 Å². The van der Waals surface area contributed by atoms with Crippen molar-refractivity contribution in [1.29, 1.82) is 0 Å². The number of nitrogens with two attached hydrogens (primary N) is 1. The molecule has 0 aliphatic carbocycles. The number of nitrogens with zero attached hydrogens (tertiary/aromatic N) is 1. The van der Waals surface area contributed by atoms with Crippen molar-refractivity contribution in [2.75, 3.05) is 5.73 Å². The van der Waals surface area contributed by atoms with Gasteiger partial charge in [0.05, 0.1) is 11.9 Å². The minimum absolute atomic E-state index is 0.178. The van der Waals surface area contributed by atoms with Gasteiger partial charge in [-0.1, -0.05) is 11.6 Å². The second-order valence-electron chi connectivity index (χ2n) is 1.85. The number of halogens is 2. The van der Waals surface area contributed by atoms with Crippen LogP contribution in [0.15, 0.2) is 12.3 Å². The van der Waals surface area contributed by atoms with E-state index in [-0.39, 0.29) is 5.15 Å². The van der Waals surface area contributed by atoms with Gasteiger partial charge < -0.3 is 5.73 Å². The monoisotopic (exact) mass is 160 g/mol. The fourth-order valence-electron chi connectivity index (χ4n) is 0.606. The summed E-state index contributed by atoms with van der Waals surface area (Å²) < 4.78 is 12.0. The number of pyridine rings is 1. The highest BCUT2D eigenvalue weighted by Crippen LogP contribution is 2.15. The van der Waals surface area contributed by atoms with Crippen molar-refractivity contribution in [1.82, 2.24) is 4.98 Å². The molecule has 10 heavy (non-hydrogen) atoms. The van der Waals surface area contributed by atoms with Crippen molar-refractivity contribution in [2.45, 2.75) is 6.67 Å². The van der Waals surface area contributed by atoms with Crippen LogP contribution in [0.2, 0.25) is 5.15 Å². The second kappa shape index (κ2) is 2.84. The van der Waals surface area contributed by atoms with Crippen LogP contribution in [0.3, 0.4) is 0 Å². The number of rotatable bonds is 1. The molecule has 0 amide bonds. The molecule has 0 unspecified atom stereocenters. The first-order chi connectivity index (χ1) is 4.74. The van der Waals surface area contributed by atoms with Crippen LogP contribution in [-0.4, -0.2) is 4.98 Å². The molecule has 0 radical (unpaired) electrons. The zero-order chi connectivity index (χ0) is 7.56.